The van der Waals surface area contributed by atoms with E-state index in [1.807, 2.05) is 12.1 Å². The van der Waals surface area contributed by atoms with E-state index >= 15 is 0 Å². The molecule has 1 nitrogen and oxygen atoms in total. The fourth-order valence-electron chi connectivity index (χ4n) is 1.70. The molecule has 0 bridgehead atoms. The van der Waals surface area contributed by atoms with Gasteiger partial charge in [-0.15, -0.1) is 0 Å². The Morgan fingerprint density at radius 3 is 2.47 bits per heavy atom. The van der Waals surface area contributed by atoms with E-state index in [0.29, 0.717) is 0 Å². The molecular weight excluding hydrogens is 204 g/mol. The van der Waals surface area contributed by atoms with Crippen molar-refractivity contribution in [2.75, 3.05) is 6.26 Å². The van der Waals surface area contributed by atoms with Gasteiger partial charge < -0.3 is 4.55 Å². The van der Waals surface area contributed by atoms with Crippen molar-refractivity contribution in [2.45, 2.75) is 17.7 Å². The van der Waals surface area contributed by atoms with Gasteiger partial charge in [0.15, 0.2) is 4.90 Å². The second-order valence-corrected chi connectivity index (χ2v) is 5.02. The largest absolute Gasteiger partial charge is 0.612 e. The van der Waals surface area contributed by atoms with Crippen LogP contribution in [0, 0.1) is 0 Å². The summed E-state index contributed by atoms with van der Waals surface area (Å²) in [5.74, 6) is 0. The van der Waals surface area contributed by atoms with E-state index in [9.17, 15) is 4.55 Å². The van der Waals surface area contributed by atoms with E-state index in [4.69, 9.17) is 0 Å². The molecule has 0 aliphatic heterocycles. The maximum atomic E-state index is 11.2. The van der Waals surface area contributed by atoms with Gasteiger partial charge in [0.05, 0.1) is 0 Å². The van der Waals surface area contributed by atoms with Crippen molar-refractivity contribution in [2.24, 2.45) is 0 Å². The van der Waals surface area contributed by atoms with Crippen LogP contribution in [0.3, 0.4) is 0 Å². The van der Waals surface area contributed by atoms with Crippen LogP contribution in [0.1, 0.15) is 18.4 Å². The predicted molar refractivity (Wildman–Crippen MR) is 65.1 cm³/mol. The molecule has 0 spiro atoms. The molecule has 1 aliphatic carbocycles. The fraction of sp³-hybridized carbons (Fsp3) is 0.231. The molecule has 78 valence electrons. The van der Waals surface area contributed by atoms with Crippen LogP contribution in [-0.4, -0.2) is 10.8 Å². The van der Waals surface area contributed by atoms with Crippen LogP contribution in [0.2, 0.25) is 0 Å². The summed E-state index contributed by atoms with van der Waals surface area (Å²) in [5.41, 5.74) is 2.61. The highest BCUT2D eigenvalue weighted by atomic mass is 32.2. The monoisotopic (exact) mass is 218 g/mol. The molecule has 0 N–H and O–H groups in total. The summed E-state index contributed by atoms with van der Waals surface area (Å²) in [4.78, 5) is 0.894. The molecule has 1 unspecified atom stereocenters. The molecule has 2 heteroatoms. The van der Waals surface area contributed by atoms with E-state index in [2.05, 4.69) is 30.4 Å². The molecule has 0 heterocycles. The molecule has 0 amide bonds. The number of benzene rings is 1. The van der Waals surface area contributed by atoms with Gasteiger partial charge in [0.25, 0.3) is 0 Å². The second kappa shape index (κ2) is 4.69. The van der Waals surface area contributed by atoms with E-state index < -0.39 is 11.2 Å². The lowest BCUT2D eigenvalue weighted by atomic mass is 9.98. The molecule has 2 rings (SSSR count). The predicted octanol–water partition coefficient (Wildman–Crippen LogP) is 3.16. The van der Waals surface area contributed by atoms with Crippen LogP contribution >= 0.6 is 0 Å². The van der Waals surface area contributed by atoms with Crippen LogP contribution in [0.15, 0.2) is 47.4 Å². The first-order valence-electron chi connectivity index (χ1n) is 5.07. The van der Waals surface area contributed by atoms with Crippen LogP contribution in [-0.2, 0) is 11.2 Å². The lowest BCUT2D eigenvalue weighted by Gasteiger charge is -2.10. The zero-order chi connectivity index (χ0) is 10.7. The minimum absolute atomic E-state index is 0.876. The van der Waals surface area contributed by atoms with Gasteiger partial charge in [-0.2, -0.15) is 0 Å². The Bertz CT molecular complexity index is 388. The van der Waals surface area contributed by atoms with Crippen molar-refractivity contribution in [1.29, 1.82) is 0 Å². The summed E-state index contributed by atoms with van der Waals surface area (Å²) in [6, 6.07) is 8.01. The molecule has 1 atom stereocenters. The third-order valence-electron chi connectivity index (χ3n) is 2.57. The number of hydrogen-bond acceptors (Lipinski definition) is 1. The zero-order valence-corrected chi connectivity index (χ0v) is 9.59. The molecular formula is C13H14OS. The van der Waals surface area contributed by atoms with Crippen LogP contribution in [0.25, 0.3) is 5.57 Å². The minimum Gasteiger partial charge on any atom is -0.612 e. The molecule has 1 aromatic rings. The molecule has 15 heavy (non-hydrogen) atoms. The molecule has 0 saturated heterocycles. The SMILES string of the molecule is C[S+]([O-])c1ccc(C2=CC=CCC2)cc1. The standard InChI is InChI=1S/C13H14OS/c1-15(14)13-9-7-12(8-10-13)11-5-3-2-4-6-11/h2-3,5,7-10H,4,6H2,1H3. The van der Waals surface area contributed by atoms with Gasteiger partial charge in [-0.05, 0) is 59.4 Å². The maximum absolute atomic E-state index is 11.2. The average molecular weight is 218 g/mol. The summed E-state index contributed by atoms with van der Waals surface area (Å²) in [5, 5.41) is 0. The van der Waals surface area contributed by atoms with Gasteiger partial charge in [-0.3, -0.25) is 0 Å². The molecule has 1 aromatic carbocycles. The Labute approximate surface area is 93.7 Å². The lowest BCUT2D eigenvalue weighted by Crippen LogP contribution is -1.97. The van der Waals surface area contributed by atoms with Crippen LogP contribution in [0.5, 0.6) is 0 Å². The Morgan fingerprint density at radius 2 is 1.93 bits per heavy atom. The number of allylic oxidation sites excluding steroid dienone is 4. The van der Waals surface area contributed by atoms with Crippen molar-refractivity contribution >= 4 is 16.7 Å². The highest BCUT2D eigenvalue weighted by Gasteiger charge is 2.06. The molecule has 0 saturated carbocycles. The van der Waals surface area contributed by atoms with Crippen LogP contribution < -0.4 is 0 Å². The molecule has 0 aromatic heterocycles. The normalized spacial score (nSPS) is 17.3. The average Bonchev–Trinajstić information content (AvgIpc) is 2.30. The Hall–Kier alpha value is -0.990. The summed E-state index contributed by atoms with van der Waals surface area (Å²) < 4.78 is 11.2. The third kappa shape index (κ3) is 2.52. The van der Waals surface area contributed by atoms with Gasteiger partial charge in [-0.1, -0.05) is 18.2 Å². The van der Waals surface area contributed by atoms with E-state index in [0.717, 1.165) is 17.7 Å². The summed E-state index contributed by atoms with van der Waals surface area (Å²) in [7, 11) is 0. The smallest absolute Gasteiger partial charge is 0.152 e. The Morgan fingerprint density at radius 1 is 1.20 bits per heavy atom. The summed E-state index contributed by atoms with van der Waals surface area (Å²) in [6.07, 6.45) is 10.4. The third-order valence-corrected chi connectivity index (χ3v) is 3.51. The first kappa shape index (κ1) is 10.5. The quantitative estimate of drug-likeness (QED) is 0.699. The molecule has 1 aliphatic rings. The molecule has 0 fully saturated rings. The topological polar surface area (TPSA) is 23.1 Å². The zero-order valence-electron chi connectivity index (χ0n) is 8.77. The van der Waals surface area contributed by atoms with Crippen molar-refractivity contribution in [3.8, 4) is 0 Å². The lowest BCUT2D eigenvalue weighted by molar-refractivity contribution is 0.601. The Kier molecular flexibility index (Phi) is 3.29. The van der Waals surface area contributed by atoms with Crippen LogP contribution in [0.4, 0.5) is 0 Å². The van der Waals surface area contributed by atoms with Gasteiger partial charge in [0.1, 0.15) is 6.26 Å². The van der Waals surface area contributed by atoms with E-state index in [-0.39, 0.29) is 0 Å². The van der Waals surface area contributed by atoms with Crippen molar-refractivity contribution < 1.29 is 4.55 Å². The highest BCUT2D eigenvalue weighted by molar-refractivity contribution is 7.90. The second-order valence-electron chi connectivity index (χ2n) is 3.64. The van der Waals surface area contributed by atoms with Crippen molar-refractivity contribution in [1.82, 2.24) is 0 Å². The maximum Gasteiger partial charge on any atom is 0.152 e. The van der Waals surface area contributed by atoms with Gasteiger partial charge in [-0.25, -0.2) is 0 Å². The van der Waals surface area contributed by atoms with Gasteiger partial charge in [0.2, 0.25) is 0 Å². The van der Waals surface area contributed by atoms with Crippen molar-refractivity contribution in [3.63, 3.8) is 0 Å². The van der Waals surface area contributed by atoms with E-state index in [1.54, 1.807) is 6.26 Å². The summed E-state index contributed by atoms with van der Waals surface area (Å²) >= 11 is -0.876. The highest BCUT2D eigenvalue weighted by Crippen LogP contribution is 2.24. The fourth-order valence-corrected chi connectivity index (χ4v) is 2.22. The first-order valence-corrected chi connectivity index (χ1v) is 6.63. The van der Waals surface area contributed by atoms with Crippen molar-refractivity contribution in [3.05, 3.63) is 48.1 Å². The molecule has 0 radical (unpaired) electrons. The number of hydrogen-bond donors (Lipinski definition) is 0. The van der Waals surface area contributed by atoms with Gasteiger partial charge in [0, 0.05) is 0 Å². The minimum atomic E-state index is -0.876. The number of rotatable bonds is 2. The Balaban J connectivity index is 2.23. The van der Waals surface area contributed by atoms with E-state index in [1.165, 1.54) is 11.1 Å². The summed E-state index contributed by atoms with van der Waals surface area (Å²) in [6.45, 7) is 0. The first-order chi connectivity index (χ1) is 7.27. The van der Waals surface area contributed by atoms with Gasteiger partial charge >= 0.3 is 0 Å².